The average molecular weight is 147 g/mol. The van der Waals surface area contributed by atoms with Crippen molar-refractivity contribution in [2.45, 2.75) is 13.8 Å². The molecule has 3 nitrogen and oxygen atoms in total. The van der Waals surface area contributed by atoms with Crippen LogP contribution in [0.3, 0.4) is 0 Å². The lowest BCUT2D eigenvalue weighted by Gasteiger charge is -1.98. The third-order valence-electron chi connectivity index (χ3n) is 1.66. The van der Waals surface area contributed by atoms with Crippen LogP contribution in [0.1, 0.15) is 11.4 Å². The zero-order valence-corrected chi connectivity index (χ0v) is 6.57. The predicted octanol–water partition coefficient (Wildman–Crippen LogP) is 1.35. The molecule has 0 saturated heterocycles. The normalized spacial score (nSPS) is 10.7. The van der Waals surface area contributed by atoms with E-state index in [1.807, 2.05) is 30.6 Å². The van der Waals surface area contributed by atoms with Crippen molar-refractivity contribution in [2.24, 2.45) is 0 Å². The highest BCUT2D eigenvalue weighted by Gasteiger charge is 1.98. The Labute approximate surface area is 64.7 Å². The molecule has 0 fully saturated rings. The molecule has 0 saturated carbocycles. The Balaban J connectivity index is 2.91. The number of hydrogen-bond donors (Lipinski definition) is 0. The molecule has 3 heteroatoms. The molecule has 2 aromatic heterocycles. The van der Waals surface area contributed by atoms with Crippen LogP contribution in [0.25, 0.3) is 5.65 Å². The van der Waals surface area contributed by atoms with Gasteiger partial charge in [0, 0.05) is 18.6 Å². The minimum atomic E-state index is 0.940. The van der Waals surface area contributed by atoms with Crippen LogP contribution >= 0.6 is 0 Å². The van der Waals surface area contributed by atoms with Crippen LogP contribution in [0.15, 0.2) is 18.6 Å². The molecule has 2 heterocycles. The standard InChI is InChI=1S/C8H9N3/c1-6-5-11-4-3-9-8(11)7(2)10-6/h3-5H,1-2H3. The second kappa shape index (κ2) is 2.05. The van der Waals surface area contributed by atoms with E-state index in [1.54, 1.807) is 6.20 Å². The van der Waals surface area contributed by atoms with E-state index >= 15 is 0 Å². The van der Waals surface area contributed by atoms with Gasteiger partial charge in [-0.15, -0.1) is 0 Å². The lowest BCUT2D eigenvalue weighted by molar-refractivity contribution is 1.03. The van der Waals surface area contributed by atoms with Gasteiger partial charge in [0.15, 0.2) is 5.65 Å². The van der Waals surface area contributed by atoms with Crippen molar-refractivity contribution >= 4 is 5.65 Å². The van der Waals surface area contributed by atoms with Crippen molar-refractivity contribution in [3.8, 4) is 0 Å². The Bertz CT molecular complexity index is 389. The van der Waals surface area contributed by atoms with Crippen LogP contribution in [0.4, 0.5) is 0 Å². The second-order valence-electron chi connectivity index (χ2n) is 2.63. The summed E-state index contributed by atoms with van der Waals surface area (Å²) in [4.78, 5) is 8.45. The topological polar surface area (TPSA) is 30.2 Å². The van der Waals surface area contributed by atoms with Gasteiger partial charge in [-0.3, -0.25) is 4.98 Å². The summed E-state index contributed by atoms with van der Waals surface area (Å²) in [7, 11) is 0. The summed E-state index contributed by atoms with van der Waals surface area (Å²) in [5, 5.41) is 0. The van der Waals surface area contributed by atoms with Gasteiger partial charge in [-0.05, 0) is 13.8 Å². The molecule has 2 rings (SSSR count). The fraction of sp³-hybridized carbons (Fsp3) is 0.250. The van der Waals surface area contributed by atoms with Crippen molar-refractivity contribution in [1.82, 2.24) is 14.4 Å². The maximum atomic E-state index is 4.29. The molecule has 0 aliphatic rings. The molecule has 0 radical (unpaired) electrons. The van der Waals surface area contributed by atoms with E-state index < -0.39 is 0 Å². The first-order valence-electron chi connectivity index (χ1n) is 3.54. The van der Waals surface area contributed by atoms with Crippen molar-refractivity contribution in [2.75, 3.05) is 0 Å². The molecule has 0 atom stereocenters. The first-order chi connectivity index (χ1) is 5.27. The zero-order chi connectivity index (χ0) is 7.84. The maximum absolute atomic E-state index is 4.29. The third-order valence-corrected chi connectivity index (χ3v) is 1.66. The summed E-state index contributed by atoms with van der Waals surface area (Å²) < 4.78 is 1.98. The Hall–Kier alpha value is -1.38. The molecule has 0 bridgehead atoms. The Kier molecular flexibility index (Phi) is 1.18. The van der Waals surface area contributed by atoms with E-state index in [0.717, 1.165) is 17.0 Å². The quantitative estimate of drug-likeness (QED) is 0.563. The smallest absolute Gasteiger partial charge is 0.158 e. The number of hydrogen-bond acceptors (Lipinski definition) is 2. The molecule has 56 valence electrons. The Morgan fingerprint density at radius 3 is 3.00 bits per heavy atom. The van der Waals surface area contributed by atoms with Crippen molar-refractivity contribution < 1.29 is 0 Å². The highest BCUT2D eigenvalue weighted by Crippen LogP contribution is 2.05. The molecule has 0 spiro atoms. The largest absolute Gasteiger partial charge is 0.304 e. The molecular formula is C8H9N3. The second-order valence-corrected chi connectivity index (χ2v) is 2.63. The van der Waals surface area contributed by atoms with Crippen LogP contribution < -0.4 is 0 Å². The summed E-state index contributed by atoms with van der Waals surface area (Å²) >= 11 is 0. The van der Waals surface area contributed by atoms with Gasteiger partial charge in [0.2, 0.25) is 0 Å². The molecule has 0 N–H and O–H groups in total. The lowest BCUT2D eigenvalue weighted by atomic mass is 10.4. The predicted molar refractivity (Wildman–Crippen MR) is 42.5 cm³/mol. The first kappa shape index (κ1) is 6.34. The van der Waals surface area contributed by atoms with Gasteiger partial charge in [-0.1, -0.05) is 0 Å². The highest BCUT2D eigenvalue weighted by molar-refractivity contribution is 5.42. The van der Waals surface area contributed by atoms with Crippen LogP contribution in [0, 0.1) is 13.8 Å². The lowest BCUT2D eigenvalue weighted by Crippen LogP contribution is -1.93. The van der Waals surface area contributed by atoms with E-state index in [1.165, 1.54) is 0 Å². The molecule has 0 aliphatic heterocycles. The molecule has 0 unspecified atom stereocenters. The van der Waals surface area contributed by atoms with Crippen molar-refractivity contribution in [3.05, 3.63) is 30.0 Å². The Morgan fingerprint density at radius 1 is 1.36 bits per heavy atom. The third kappa shape index (κ3) is 0.888. The molecule has 11 heavy (non-hydrogen) atoms. The molecule has 0 aliphatic carbocycles. The maximum Gasteiger partial charge on any atom is 0.158 e. The van der Waals surface area contributed by atoms with Gasteiger partial charge >= 0.3 is 0 Å². The van der Waals surface area contributed by atoms with Gasteiger partial charge < -0.3 is 4.40 Å². The average Bonchev–Trinajstić information content (AvgIpc) is 2.34. The molecular weight excluding hydrogens is 138 g/mol. The number of aromatic nitrogens is 3. The van der Waals surface area contributed by atoms with Crippen LogP contribution in [-0.2, 0) is 0 Å². The zero-order valence-electron chi connectivity index (χ0n) is 6.57. The van der Waals surface area contributed by atoms with Gasteiger partial charge in [-0.25, -0.2) is 4.98 Å². The minimum Gasteiger partial charge on any atom is -0.304 e. The number of imidazole rings is 1. The summed E-state index contributed by atoms with van der Waals surface area (Å²) in [5.74, 6) is 0. The van der Waals surface area contributed by atoms with Crippen molar-refractivity contribution in [3.63, 3.8) is 0 Å². The summed E-state index contributed by atoms with van der Waals surface area (Å²) in [6.07, 6.45) is 5.68. The highest BCUT2D eigenvalue weighted by atomic mass is 15.0. The fourth-order valence-corrected chi connectivity index (χ4v) is 1.24. The number of aryl methyl sites for hydroxylation is 2. The Morgan fingerprint density at radius 2 is 2.18 bits per heavy atom. The van der Waals surface area contributed by atoms with Crippen LogP contribution in [-0.4, -0.2) is 14.4 Å². The van der Waals surface area contributed by atoms with Crippen LogP contribution in [0.2, 0.25) is 0 Å². The number of rotatable bonds is 0. The van der Waals surface area contributed by atoms with Crippen molar-refractivity contribution in [1.29, 1.82) is 0 Å². The summed E-state index contributed by atoms with van der Waals surface area (Å²) in [6, 6.07) is 0. The molecule has 0 aromatic carbocycles. The van der Waals surface area contributed by atoms with Gasteiger partial charge in [-0.2, -0.15) is 0 Å². The van der Waals surface area contributed by atoms with Gasteiger partial charge in [0.05, 0.1) is 11.4 Å². The van der Waals surface area contributed by atoms with E-state index in [2.05, 4.69) is 9.97 Å². The monoisotopic (exact) mass is 147 g/mol. The van der Waals surface area contributed by atoms with Crippen LogP contribution in [0.5, 0.6) is 0 Å². The fourth-order valence-electron chi connectivity index (χ4n) is 1.24. The minimum absolute atomic E-state index is 0.940. The van der Waals surface area contributed by atoms with E-state index in [9.17, 15) is 0 Å². The van der Waals surface area contributed by atoms with E-state index in [4.69, 9.17) is 0 Å². The van der Waals surface area contributed by atoms with E-state index in [0.29, 0.717) is 0 Å². The number of nitrogens with zero attached hydrogens (tertiary/aromatic N) is 3. The molecule has 0 amide bonds. The summed E-state index contributed by atoms with van der Waals surface area (Å²) in [6.45, 7) is 3.95. The molecule has 2 aromatic rings. The number of fused-ring (bicyclic) bond motifs is 1. The van der Waals surface area contributed by atoms with Gasteiger partial charge in [0.25, 0.3) is 0 Å². The van der Waals surface area contributed by atoms with Gasteiger partial charge in [0.1, 0.15) is 0 Å². The van der Waals surface area contributed by atoms with E-state index in [-0.39, 0.29) is 0 Å². The summed E-state index contributed by atoms with van der Waals surface area (Å²) in [5.41, 5.74) is 2.94. The first-order valence-corrected chi connectivity index (χ1v) is 3.54. The SMILES string of the molecule is Cc1cn2ccnc2c(C)n1.